The van der Waals surface area contributed by atoms with E-state index in [9.17, 15) is 9.46 Å². The van der Waals surface area contributed by atoms with Crippen molar-refractivity contribution in [3.8, 4) is 0 Å². The predicted molar refractivity (Wildman–Crippen MR) is 159 cm³/mol. The SMILES string of the molecule is CCCCCCCCCCCCCCCCCCOC(C[P+](CC)(CC)c1ccccc1)O[P+](=O)O. The van der Waals surface area contributed by atoms with Gasteiger partial charge in [0.15, 0.2) is 0 Å². The third kappa shape index (κ3) is 15.8. The first-order chi connectivity index (χ1) is 17.6. The zero-order valence-electron chi connectivity index (χ0n) is 23.7. The monoisotopic (exact) mass is 542 g/mol. The Labute approximate surface area is 224 Å². The molecule has 36 heavy (non-hydrogen) atoms. The van der Waals surface area contributed by atoms with Crippen LogP contribution in [0.5, 0.6) is 0 Å². The number of benzene rings is 1. The maximum absolute atomic E-state index is 11.4. The Kier molecular flexibility index (Phi) is 21.1. The molecule has 0 spiro atoms. The lowest BCUT2D eigenvalue weighted by molar-refractivity contribution is -0.0658. The Bertz CT molecular complexity index is 637. The maximum Gasteiger partial charge on any atom is 0.697 e. The first-order valence-corrected chi connectivity index (χ1v) is 18.4. The van der Waals surface area contributed by atoms with Crippen molar-refractivity contribution in [2.45, 2.75) is 130 Å². The summed E-state index contributed by atoms with van der Waals surface area (Å²) in [6.45, 7) is 7.31. The van der Waals surface area contributed by atoms with Crippen LogP contribution in [0.1, 0.15) is 124 Å². The third-order valence-electron chi connectivity index (χ3n) is 7.52. The molecule has 208 valence electrons. The van der Waals surface area contributed by atoms with Crippen molar-refractivity contribution in [3.05, 3.63) is 30.3 Å². The van der Waals surface area contributed by atoms with Crippen LogP contribution in [0.15, 0.2) is 30.3 Å². The van der Waals surface area contributed by atoms with Gasteiger partial charge in [-0.15, -0.1) is 4.89 Å². The van der Waals surface area contributed by atoms with Gasteiger partial charge in [-0.05, 0) is 32.4 Å². The van der Waals surface area contributed by atoms with E-state index in [-0.39, 0.29) is 0 Å². The van der Waals surface area contributed by atoms with E-state index in [1.807, 2.05) is 6.07 Å². The van der Waals surface area contributed by atoms with Gasteiger partial charge in [0.1, 0.15) is 6.16 Å². The van der Waals surface area contributed by atoms with Gasteiger partial charge in [0, 0.05) is 4.57 Å². The summed E-state index contributed by atoms with van der Waals surface area (Å²) >= 11 is 0. The Morgan fingerprint density at radius 2 is 1.17 bits per heavy atom. The van der Waals surface area contributed by atoms with Crippen LogP contribution in [0.4, 0.5) is 0 Å². The molecular weight excluding hydrogens is 486 g/mol. The van der Waals surface area contributed by atoms with E-state index < -0.39 is 21.8 Å². The minimum absolute atomic E-state index is 0.592. The van der Waals surface area contributed by atoms with E-state index >= 15 is 0 Å². The van der Waals surface area contributed by atoms with Crippen LogP contribution < -0.4 is 5.30 Å². The van der Waals surface area contributed by atoms with Crippen molar-refractivity contribution >= 4 is 20.8 Å². The molecule has 4 nitrogen and oxygen atoms in total. The predicted octanol–water partition coefficient (Wildman–Crippen LogP) is 9.64. The van der Waals surface area contributed by atoms with Crippen LogP contribution in [0.2, 0.25) is 0 Å². The van der Waals surface area contributed by atoms with E-state index in [1.54, 1.807) is 0 Å². The van der Waals surface area contributed by atoms with Crippen LogP contribution in [0, 0.1) is 0 Å². The second-order valence-electron chi connectivity index (χ2n) is 10.2. The van der Waals surface area contributed by atoms with Gasteiger partial charge in [-0.2, -0.15) is 0 Å². The molecular formula is C30H56O4P2+2. The van der Waals surface area contributed by atoms with E-state index in [0.29, 0.717) is 12.8 Å². The van der Waals surface area contributed by atoms with E-state index in [4.69, 9.17) is 9.26 Å². The average Bonchev–Trinajstić information content (AvgIpc) is 2.89. The Morgan fingerprint density at radius 3 is 1.58 bits per heavy atom. The highest BCUT2D eigenvalue weighted by molar-refractivity contribution is 7.82. The van der Waals surface area contributed by atoms with Gasteiger partial charge in [0.2, 0.25) is 6.29 Å². The first kappa shape index (κ1) is 33.7. The summed E-state index contributed by atoms with van der Waals surface area (Å²) < 4.78 is 22.8. The Balaban J connectivity index is 2.15. The van der Waals surface area contributed by atoms with Crippen LogP contribution >= 0.6 is 15.5 Å². The quantitative estimate of drug-likeness (QED) is 0.0759. The highest BCUT2D eigenvalue weighted by Gasteiger charge is 2.42. The summed E-state index contributed by atoms with van der Waals surface area (Å²) in [6, 6.07) is 10.6. The standard InChI is InChI=1S/C30H55O4P2/c1-4-7-8-9-10-11-12-13-14-15-16-17-18-19-20-24-27-33-30(34-35(31)32)28-36(5-2,6-3)29-25-22-21-23-26-29/h21-23,25-26,30H,4-20,24,27-28H2,1-3H3/q+1/p+1. The Hall–Kier alpha value is -0.370. The fraction of sp³-hybridized carbons (Fsp3) is 0.800. The summed E-state index contributed by atoms with van der Waals surface area (Å²) in [7, 11) is -4.18. The van der Waals surface area contributed by atoms with Gasteiger partial charge in [-0.3, -0.25) is 0 Å². The van der Waals surface area contributed by atoms with Gasteiger partial charge >= 0.3 is 8.25 Å². The summed E-state index contributed by atoms with van der Waals surface area (Å²) in [5.41, 5.74) is 0. The molecule has 0 aliphatic carbocycles. The second-order valence-corrected chi connectivity index (χ2v) is 15.4. The lowest BCUT2D eigenvalue weighted by atomic mass is 10.0. The molecule has 1 aromatic carbocycles. The lowest BCUT2D eigenvalue weighted by Gasteiger charge is -2.27. The third-order valence-corrected chi connectivity index (χ3v) is 12.8. The van der Waals surface area contributed by atoms with Crippen molar-refractivity contribution in [1.82, 2.24) is 0 Å². The number of hydrogen-bond donors (Lipinski definition) is 1. The molecule has 0 radical (unpaired) electrons. The van der Waals surface area contributed by atoms with Crippen molar-refractivity contribution in [1.29, 1.82) is 0 Å². The number of hydrogen-bond acceptors (Lipinski definition) is 3. The van der Waals surface area contributed by atoms with Crippen molar-refractivity contribution < 1.29 is 18.7 Å². The topological polar surface area (TPSA) is 55.8 Å². The summed E-state index contributed by atoms with van der Waals surface area (Å²) in [6.07, 6.45) is 23.6. The molecule has 0 bridgehead atoms. The van der Waals surface area contributed by atoms with Crippen LogP contribution in [0.3, 0.4) is 0 Å². The minimum Gasteiger partial charge on any atom is -0.345 e. The number of ether oxygens (including phenoxy) is 1. The average molecular weight is 543 g/mol. The highest BCUT2D eigenvalue weighted by Crippen LogP contribution is 2.58. The summed E-state index contributed by atoms with van der Waals surface area (Å²) in [4.78, 5) is 9.40. The molecule has 0 aliphatic rings. The molecule has 2 unspecified atom stereocenters. The fourth-order valence-electron chi connectivity index (χ4n) is 5.06. The number of rotatable bonds is 25. The molecule has 2 atom stereocenters. The van der Waals surface area contributed by atoms with Crippen LogP contribution in [0.25, 0.3) is 0 Å². The van der Waals surface area contributed by atoms with E-state index in [1.165, 1.54) is 95.2 Å². The largest absolute Gasteiger partial charge is 0.697 e. The molecule has 0 aliphatic heterocycles. The molecule has 0 saturated carbocycles. The van der Waals surface area contributed by atoms with Crippen molar-refractivity contribution in [2.24, 2.45) is 0 Å². The van der Waals surface area contributed by atoms with Crippen LogP contribution in [-0.4, -0.2) is 36.3 Å². The van der Waals surface area contributed by atoms with Crippen molar-refractivity contribution in [2.75, 3.05) is 25.1 Å². The number of unbranched alkanes of at least 4 members (excludes halogenated alkanes) is 15. The molecule has 6 heteroatoms. The maximum atomic E-state index is 11.4. The van der Waals surface area contributed by atoms with Crippen molar-refractivity contribution in [3.63, 3.8) is 0 Å². The van der Waals surface area contributed by atoms with Gasteiger partial charge in [0.25, 0.3) is 0 Å². The zero-order chi connectivity index (χ0) is 26.3. The normalized spacial score (nSPS) is 13.2. The summed E-state index contributed by atoms with van der Waals surface area (Å²) in [5, 5.41) is 1.35. The van der Waals surface area contributed by atoms with Gasteiger partial charge in [-0.1, -0.05) is 126 Å². The molecule has 0 heterocycles. The zero-order valence-corrected chi connectivity index (χ0v) is 25.5. The smallest absolute Gasteiger partial charge is 0.345 e. The second kappa shape index (κ2) is 22.6. The van der Waals surface area contributed by atoms with Gasteiger partial charge in [-0.25, -0.2) is 0 Å². The van der Waals surface area contributed by atoms with E-state index in [2.05, 4.69) is 45.0 Å². The molecule has 0 fully saturated rings. The molecule has 1 N–H and O–H groups in total. The Morgan fingerprint density at radius 1 is 0.722 bits per heavy atom. The fourth-order valence-corrected chi connectivity index (χ4v) is 8.98. The molecule has 0 amide bonds. The first-order valence-electron chi connectivity index (χ1n) is 14.9. The lowest BCUT2D eigenvalue weighted by Crippen LogP contribution is -2.28. The molecule has 0 aromatic heterocycles. The molecule has 1 rings (SSSR count). The van der Waals surface area contributed by atoms with Gasteiger partial charge in [0.05, 0.1) is 31.5 Å². The summed E-state index contributed by atoms with van der Waals surface area (Å²) in [5.74, 6) is 0. The molecule has 1 aromatic rings. The molecule has 0 saturated heterocycles. The highest BCUT2D eigenvalue weighted by atomic mass is 31.2. The van der Waals surface area contributed by atoms with Gasteiger partial charge < -0.3 is 4.74 Å². The van der Waals surface area contributed by atoms with Crippen LogP contribution in [-0.2, 0) is 13.8 Å². The minimum atomic E-state index is -2.67. The van der Waals surface area contributed by atoms with E-state index in [0.717, 1.165) is 25.2 Å².